The molecule has 0 spiro atoms. The Morgan fingerprint density at radius 1 is 0.381 bits per heavy atom. The number of benzene rings is 6. The molecule has 6 aromatic rings. The van der Waals surface area contributed by atoms with Crippen molar-refractivity contribution in [3.05, 3.63) is 120 Å². The van der Waals surface area contributed by atoms with E-state index in [2.05, 4.69) is 109 Å². The Labute approximate surface area is 250 Å². The molecule has 2 aliphatic rings. The maximum atomic E-state index is 2.58. The minimum atomic E-state index is 0.678. The lowest BCUT2D eigenvalue weighted by molar-refractivity contribution is 0.443. The van der Waals surface area contributed by atoms with Crippen LogP contribution in [0.1, 0.15) is 87.2 Å². The molecule has 0 unspecified atom stereocenters. The molecule has 0 saturated heterocycles. The minimum Gasteiger partial charge on any atom is -0.0616 e. The lowest BCUT2D eigenvalue weighted by Gasteiger charge is -2.25. The van der Waals surface area contributed by atoms with Gasteiger partial charge in [0.25, 0.3) is 0 Å². The summed E-state index contributed by atoms with van der Waals surface area (Å²) in [4.78, 5) is 0. The standard InChI is InChI=1S/C42H40/c1-3-12-29(13-4-1)31-22-24-33(25-23-31)41-37-19-9-10-20-38(37)42(36-21-11-17-32-16-7-8-18-35(32)36)39-27-26-34(28-40(39)41)30-14-5-2-6-15-30/h7-11,16-30H,1-6,12-15H2. The maximum Gasteiger partial charge on any atom is -0.00201 e. The first kappa shape index (κ1) is 25.8. The molecule has 0 amide bonds. The third kappa shape index (κ3) is 4.53. The molecule has 0 nitrogen and oxygen atoms in total. The van der Waals surface area contributed by atoms with Gasteiger partial charge in [-0.3, -0.25) is 0 Å². The van der Waals surface area contributed by atoms with E-state index >= 15 is 0 Å². The van der Waals surface area contributed by atoms with Gasteiger partial charge in [0.1, 0.15) is 0 Å². The second kappa shape index (κ2) is 11.1. The first-order valence-corrected chi connectivity index (χ1v) is 16.4. The maximum absolute atomic E-state index is 2.58. The van der Waals surface area contributed by atoms with Crippen LogP contribution in [-0.2, 0) is 0 Å². The van der Waals surface area contributed by atoms with Crippen LogP contribution < -0.4 is 0 Å². The molecule has 2 saturated carbocycles. The molecule has 42 heavy (non-hydrogen) atoms. The van der Waals surface area contributed by atoms with Gasteiger partial charge in [0.2, 0.25) is 0 Å². The predicted molar refractivity (Wildman–Crippen MR) is 181 cm³/mol. The van der Waals surface area contributed by atoms with E-state index in [1.165, 1.54) is 130 Å². The monoisotopic (exact) mass is 544 g/mol. The highest BCUT2D eigenvalue weighted by atomic mass is 14.3. The molecule has 0 aromatic heterocycles. The van der Waals surface area contributed by atoms with Crippen LogP contribution in [0.25, 0.3) is 54.6 Å². The van der Waals surface area contributed by atoms with Gasteiger partial charge in [0, 0.05) is 0 Å². The molecule has 208 valence electrons. The van der Waals surface area contributed by atoms with E-state index < -0.39 is 0 Å². The highest BCUT2D eigenvalue weighted by Crippen LogP contribution is 2.47. The van der Waals surface area contributed by atoms with Crippen LogP contribution in [0.3, 0.4) is 0 Å². The van der Waals surface area contributed by atoms with Crippen LogP contribution in [-0.4, -0.2) is 0 Å². The third-order valence-electron chi connectivity index (χ3n) is 10.5. The molecule has 8 rings (SSSR count). The highest BCUT2D eigenvalue weighted by molar-refractivity contribution is 6.23. The predicted octanol–water partition coefficient (Wildman–Crippen LogP) is 12.6. The normalized spacial score (nSPS) is 16.9. The van der Waals surface area contributed by atoms with Crippen LogP contribution in [0.4, 0.5) is 0 Å². The topological polar surface area (TPSA) is 0 Å². The quantitative estimate of drug-likeness (QED) is 0.194. The van der Waals surface area contributed by atoms with E-state index in [1.807, 2.05) is 0 Å². The molecule has 0 aliphatic heterocycles. The van der Waals surface area contributed by atoms with Crippen molar-refractivity contribution in [3.8, 4) is 22.3 Å². The van der Waals surface area contributed by atoms with E-state index in [0.29, 0.717) is 5.92 Å². The van der Waals surface area contributed by atoms with Crippen molar-refractivity contribution in [2.24, 2.45) is 0 Å². The number of fused-ring (bicyclic) bond motifs is 3. The van der Waals surface area contributed by atoms with Gasteiger partial charge in [0.15, 0.2) is 0 Å². The number of hydrogen-bond acceptors (Lipinski definition) is 0. The van der Waals surface area contributed by atoms with Gasteiger partial charge < -0.3 is 0 Å². The molecule has 0 radical (unpaired) electrons. The summed E-state index contributed by atoms with van der Waals surface area (Å²) in [6.45, 7) is 0. The van der Waals surface area contributed by atoms with Crippen molar-refractivity contribution in [3.63, 3.8) is 0 Å². The van der Waals surface area contributed by atoms with Gasteiger partial charge in [0.05, 0.1) is 0 Å². The zero-order chi connectivity index (χ0) is 27.9. The molecule has 0 bridgehead atoms. The van der Waals surface area contributed by atoms with Crippen molar-refractivity contribution in [2.75, 3.05) is 0 Å². The van der Waals surface area contributed by atoms with E-state index in [4.69, 9.17) is 0 Å². The average Bonchev–Trinajstić information content (AvgIpc) is 3.08. The molecule has 6 aromatic carbocycles. The molecule has 0 heterocycles. The van der Waals surface area contributed by atoms with Gasteiger partial charge >= 0.3 is 0 Å². The van der Waals surface area contributed by atoms with Gasteiger partial charge in [-0.2, -0.15) is 0 Å². The summed E-state index contributed by atoms with van der Waals surface area (Å²) < 4.78 is 0. The summed E-state index contributed by atoms with van der Waals surface area (Å²) in [5.41, 5.74) is 8.51. The fourth-order valence-corrected chi connectivity index (χ4v) is 8.29. The van der Waals surface area contributed by atoms with Crippen molar-refractivity contribution in [2.45, 2.75) is 76.0 Å². The Kier molecular flexibility index (Phi) is 6.79. The second-order valence-electron chi connectivity index (χ2n) is 12.9. The van der Waals surface area contributed by atoms with Gasteiger partial charge in [-0.15, -0.1) is 0 Å². The average molecular weight is 545 g/mol. The summed E-state index contributed by atoms with van der Waals surface area (Å²) in [5, 5.41) is 8.11. The molecule has 2 fully saturated rings. The van der Waals surface area contributed by atoms with Crippen LogP contribution >= 0.6 is 0 Å². The van der Waals surface area contributed by atoms with Crippen molar-refractivity contribution < 1.29 is 0 Å². The Hall–Kier alpha value is -3.90. The Bertz CT molecular complexity index is 1870. The lowest BCUT2D eigenvalue weighted by Crippen LogP contribution is -2.05. The van der Waals surface area contributed by atoms with Crippen LogP contribution in [0, 0.1) is 0 Å². The highest BCUT2D eigenvalue weighted by Gasteiger charge is 2.22. The lowest BCUT2D eigenvalue weighted by atomic mass is 9.80. The number of rotatable bonds is 4. The third-order valence-corrected chi connectivity index (χ3v) is 10.5. The molecule has 0 atom stereocenters. The first-order chi connectivity index (χ1) is 20.8. The van der Waals surface area contributed by atoms with E-state index in [0.717, 1.165) is 5.92 Å². The first-order valence-electron chi connectivity index (χ1n) is 16.4. The molecule has 0 N–H and O–H groups in total. The zero-order valence-corrected chi connectivity index (χ0v) is 24.6. The van der Waals surface area contributed by atoms with E-state index in [1.54, 1.807) is 0 Å². The Morgan fingerprint density at radius 2 is 0.929 bits per heavy atom. The Morgan fingerprint density at radius 3 is 1.64 bits per heavy atom. The summed E-state index contributed by atoms with van der Waals surface area (Å²) >= 11 is 0. The van der Waals surface area contributed by atoms with Crippen LogP contribution in [0.5, 0.6) is 0 Å². The second-order valence-corrected chi connectivity index (χ2v) is 12.9. The van der Waals surface area contributed by atoms with E-state index in [-0.39, 0.29) is 0 Å². The van der Waals surface area contributed by atoms with Crippen molar-refractivity contribution in [1.29, 1.82) is 0 Å². The summed E-state index contributed by atoms with van der Waals surface area (Å²) in [6, 6.07) is 42.1. The van der Waals surface area contributed by atoms with Crippen molar-refractivity contribution in [1.82, 2.24) is 0 Å². The molecular weight excluding hydrogens is 504 g/mol. The molecule has 2 aliphatic carbocycles. The number of hydrogen-bond donors (Lipinski definition) is 0. The van der Waals surface area contributed by atoms with E-state index in [9.17, 15) is 0 Å². The molecular formula is C42H40. The van der Waals surface area contributed by atoms with Crippen LogP contribution in [0.15, 0.2) is 109 Å². The minimum absolute atomic E-state index is 0.678. The largest absolute Gasteiger partial charge is 0.0616 e. The van der Waals surface area contributed by atoms with Gasteiger partial charge in [-0.05, 0) is 103 Å². The fraction of sp³-hybridized carbons (Fsp3) is 0.286. The summed E-state index contributed by atoms with van der Waals surface area (Å²) in [5.74, 6) is 1.41. The van der Waals surface area contributed by atoms with Gasteiger partial charge in [-0.1, -0.05) is 148 Å². The fourth-order valence-electron chi connectivity index (χ4n) is 8.29. The zero-order valence-electron chi connectivity index (χ0n) is 24.6. The van der Waals surface area contributed by atoms with Gasteiger partial charge in [-0.25, -0.2) is 0 Å². The smallest absolute Gasteiger partial charge is 0.00201 e. The summed E-state index contributed by atoms with van der Waals surface area (Å²) in [7, 11) is 0. The van der Waals surface area contributed by atoms with Crippen molar-refractivity contribution >= 4 is 32.3 Å². The summed E-state index contributed by atoms with van der Waals surface area (Å²) in [6.07, 6.45) is 13.6. The van der Waals surface area contributed by atoms with Crippen LogP contribution in [0.2, 0.25) is 0 Å². The Balaban J connectivity index is 1.40. The molecule has 0 heteroatoms. The SMILES string of the molecule is c1ccc2c(-c3c4ccccc4c(-c4ccc(C5CCCCC5)cc4)c4cc(C5CCCCC5)ccc34)cccc2c1.